The molecule has 0 saturated carbocycles. The summed E-state index contributed by atoms with van der Waals surface area (Å²) in [6.07, 6.45) is 0. The number of aromatic hydroxyl groups is 1. The summed E-state index contributed by atoms with van der Waals surface area (Å²) >= 11 is 0. The lowest BCUT2D eigenvalue weighted by atomic mass is 10.1. The molecule has 0 bridgehead atoms. The first kappa shape index (κ1) is 23.3. The Balaban J connectivity index is 2.03. The number of ether oxygens (including phenoxy) is 3. The monoisotopic (exact) mass is 415 g/mol. The topological polar surface area (TPSA) is 84.3 Å². The zero-order valence-electron chi connectivity index (χ0n) is 18.3. The Bertz CT molecular complexity index is 824. The van der Waals surface area contributed by atoms with E-state index in [-0.39, 0.29) is 5.75 Å². The predicted octanol–water partition coefficient (Wildman–Crippen LogP) is 3.38. The molecular weight excluding hydrogens is 382 g/mol. The van der Waals surface area contributed by atoms with Gasteiger partial charge in [0.05, 0.1) is 20.3 Å². The molecule has 7 nitrogen and oxygen atoms in total. The maximum Gasteiger partial charge on any atom is 0.191 e. The lowest BCUT2D eigenvalue weighted by Crippen LogP contribution is -2.36. The molecule has 0 saturated heterocycles. The Kier molecular flexibility index (Phi) is 9.80. The van der Waals surface area contributed by atoms with Crippen LogP contribution in [0.1, 0.15) is 30.5 Å². The van der Waals surface area contributed by atoms with Crippen LogP contribution in [0.3, 0.4) is 0 Å². The van der Waals surface area contributed by atoms with Crippen LogP contribution >= 0.6 is 0 Å². The van der Waals surface area contributed by atoms with Crippen LogP contribution in [0.25, 0.3) is 0 Å². The second-order valence-electron chi connectivity index (χ2n) is 6.71. The number of benzene rings is 2. The second kappa shape index (κ2) is 12.6. The summed E-state index contributed by atoms with van der Waals surface area (Å²) in [5, 5.41) is 16.5. The molecule has 0 aliphatic heterocycles. The highest BCUT2D eigenvalue weighted by Gasteiger charge is 2.07. The highest BCUT2D eigenvalue weighted by atomic mass is 16.5. The molecule has 164 valence electrons. The van der Waals surface area contributed by atoms with Crippen molar-refractivity contribution in [3.8, 4) is 17.2 Å². The van der Waals surface area contributed by atoms with E-state index in [4.69, 9.17) is 14.2 Å². The van der Waals surface area contributed by atoms with E-state index in [1.54, 1.807) is 12.1 Å². The van der Waals surface area contributed by atoms with E-state index in [2.05, 4.69) is 27.8 Å². The van der Waals surface area contributed by atoms with Crippen molar-refractivity contribution in [1.29, 1.82) is 0 Å². The summed E-state index contributed by atoms with van der Waals surface area (Å²) in [5.74, 6) is 2.09. The number of guanidine groups is 1. The van der Waals surface area contributed by atoms with Crippen LogP contribution in [-0.4, -0.2) is 44.5 Å². The van der Waals surface area contributed by atoms with Crippen LogP contribution in [0, 0.1) is 6.92 Å². The average Bonchev–Trinajstić information content (AvgIpc) is 2.74. The number of aliphatic imine (C=N–C) groups is 1. The van der Waals surface area contributed by atoms with Gasteiger partial charge in [-0.15, -0.1) is 0 Å². The van der Waals surface area contributed by atoms with E-state index in [0.717, 1.165) is 29.0 Å². The fourth-order valence-corrected chi connectivity index (χ4v) is 2.82. The van der Waals surface area contributed by atoms with Gasteiger partial charge >= 0.3 is 0 Å². The minimum atomic E-state index is 0.108. The third-order valence-corrected chi connectivity index (χ3v) is 4.37. The van der Waals surface area contributed by atoms with Crippen LogP contribution < -0.4 is 20.1 Å². The quantitative estimate of drug-likeness (QED) is 0.296. The first-order chi connectivity index (χ1) is 14.6. The molecule has 30 heavy (non-hydrogen) atoms. The Morgan fingerprint density at radius 2 is 1.87 bits per heavy atom. The van der Waals surface area contributed by atoms with Crippen molar-refractivity contribution >= 4 is 5.96 Å². The molecule has 0 aliphatic rings. The molecule has 0 spiro atoms. The fourth-order valence-electron chi connectivity index (χ4n) is 2.82. The van der Waals surface area contributed by atoms with Gasteiger partial charge in [-0.2, -0.15) is 0 Å². The zero-order valence-corrected chi connectivity index (χ0v) is 18.3. The van der Waals surface area contributed by atoms with Gasteiger partial charge in [-0.25, -0.2) is 4.99 Å². The molecule has 3 N–H and O–H groups in total. The third-order valence-electron chi connectivity index (χ3n) is 4.37. The van der Waals surface area contributed by atoms with Crippen molar-refractivity contribution in [2.75, 3.05) is 33.5 Å². The highest BCUT2D eigenvalue weighted by Crippen LogP contribution is 2.26. The molecule has 0 unspecified atom stereocenters. The number of methoxy groups -OCH3 is 1. The van der Waals surface area contributed by atoms with E-state index >= 15 is 0 Å². The summed E-state index contributed by atoms with van der Waals surface area (Å²) < 4.78 is 16.4. The maximum atomic E-state index is 9.94. The maximum absolute atomic E-state index is 9.94. The predicted molar refractivity (Wildman–Crippen MR) is 119 cm³/mol. The van der Waals surface area contributed by atoms with Gasteiger partial charge in [0.15, 0.2) is 17.5 Å². The smallest absolute Gasteiger partial charge is 0.191 e. The Labute approximate surface area is 179 Å². The summed E-state index contributed by atoms with van der Waals surface area (Å²) in [6, 6.07) is 11.4. The van der Waals surface area contributed by atoms with E-state index in [0.29, 0.717) is 44.6 Å². The highest BCUT2D eigenvalue weighted by molar-refractivity contribution is 5.79. The molecule has 2 aromatic rings. The van der Waals surface area contributed by atoms with E-state index in [9.17, 15) is 5.11 Å². The summed E-state index contributed by atoms with van der Waals surface area (Å²) in [7, 11) is 1.53. The van der Waals surface area contributed by atoms with Gasteiger partial charge in [-0.05, 0) is 50.1 Å². The Morgan fingerprint density at radius 1 is 1.03 bits per heavy atom. The van der Waals surface area contributed by atoms with Crippen molar-refractivity contribution in [2.45, 2.75) is 33.9 Å². The van der Waals surface area contributed by atoms with Crippen LogP contribution in [0.4, 0.5) is 0 Å². The van der Waals surface area contributed by atoms with Gasteiger partial charge in [0.2, 0.25) is 0 Å². The van der Waals surface area contributed by atoms with Crippen molar-refractivity contribution in [3.05, 3.63) is 53.1 Å². The van der Waals surface area contributed by atoms with Gasteiger partial charge in [0.1, 0.15) is 12.4 Å². The number of phenols is 1. The summed E-state index contributed by atoms with van der Waals surface area (Å²) in [4.78, 5) is 4.61. The molecule has 0 radical (unpaired) electrons. The van der Waals surface area contributed by atoms with Crippen molar-refractivity contribution in [2.24, 2.45) is 4.99 Å². The van der Waals surface area contributed by atoms with E-state index in [1.807, 2.05) is 32.9 Å². The SMILES string of the molecule is CCNC(=NCc1ccc(OC)c(O)c1)NCc1ccc(C)cc1OCCOCC. The standard InChI is InChI=1S/C23H33N3O4/c1-5-24-23(25-15-18-8-10-21(28-4)20(27)14-18)26-16-19-9-7-17(3)13-22(19)30-12-11-29-6-2/h7-10,13-14,27H,5-6,11-12,15-16H2,1-4H3,(H2,24,25,26). The second-order valence-corrected chi connectivity index (χ2v) is 6.71. The number of nitrogens with zero attached hydrogens (tertiary/aromatic N) is 1. The largest absolute Gasteiger partial charge is 0.504 e. The lowest BCUT2D eigenvalue weighted by molar-refractivity contribution is 0.110. The first-order valence-corrected chi connectivity index (χ1v) is 10.3. The van der Waals surface area contributed by atoms with Crippen LogP contribution in [0.5, 0.6) is 17.2 Å². The third kappa shape index (κ3) is 7.48. The number of rotatable bonds is 11. The van der Waals surface area contributed by atoms with E-state index < -0.39 is 0 Å². The van der Waals surface area contributed by atoms with Crippen molar-refractivity contribution < 1.29 is 19.3 Å². The normalized spacial score (nSPS) is 11.3. The zero-order chi connectivity index (χ0) is 21.8. The number of phenolic OH excluding ortho intramolecular Hbond substituents is 1. The van der Waals surface area contributed by atoms with Crippen molar-refractivity contribution in [3.63, 3.8) is 0 Å². The van der Waals surface area contributed by atoms with Gasteiger partial charge in [-0.1, -0.05) is 18.2 Å². The minimum Gasteiger partial charge on any atom is -0.504 e. The molecule has 2 aromatic carbocycles. The van der Waals surface area contributed by atoms with E-state index in [1.165, 1.54) is 7.11 Å². The van der Waals surface area contributed by atoms with Gasteiger partial charge in [-0.3, -0.25) is 0 Å². The van der Waals surface area contributed by atoms with Gasteiger partial charge in [0.25, 0.3) is 0 Å². The number of hydrogen-bond acceptors (Lipinski definition) is 5. The van der Waals surface area contributed by atoms with Gasteiger partial charge < -0.3 is 30.0 Å². The molecule has 0 atom stereocenters. The van der Waals surface area contributed by atoms with Crippen LogP contribution in [0.15, 0.2) is 41.4 Å². The van der Waals surface area contributed by atoms with Crippen molar-refractivity contribution in [1.82, 2.24) is 10.6 Å². The molecule has 0 fully saturated rings. The summed E-state index contributed by atoms with van der Waals surface area (Å²) in [6.45, 7) is 9.53. The van der Waals surface area contributed by atoms with Crippen LogP contribution in [-0.2, 0) is 17.8 Å². The molecule has 2 rings (SSSR count). The first-order valence-electron chi connectivity index (χ1n) is 10.3. The summed E-state index contributed by atoms with van der Waals surface area (Å²) in [5.41, 5.74) is 3.08. The molecule has 0 aliphatic carbocycles. The molecule has 7 heteroatoms. The number of aryl methyl sites for hydroxylation is 1. The van der Waals surface area contributed by atoms with Gasteiger partial charge in [0, 0.05) is 25.3 Å². The Hall–Kier alpha value is -2.93. The molecule has 0 aromatic heterocycles. The number of nitrogens with one attached hydrogen (secondary N) is 2. The average molecular weight is 416 g/mol. The molecular formula is C23H33N3O4. The Morgan fingerprint density at radius 3 is 2.57 bits per heavy atom. The molecule has 0 amide bonds. The molecule has 0 heterocycles. The van der Waals surface area contributed by atoms with Crippen LogP contribution in [0.2, 0.25) is 0 Å². The lowest BCUT2D eigenvalue weighted by Gasteiger charge is -2.15. The fraction of sp³-hybridized carbons (Fsp3) is 0.435. The number of hydrogen-bond donors (Lipinski definition) is 3. The minimum absolute atomic E-state index is 0.108.